The van der Waals surface area contributed by atoms with Gasteiger partial charge in [0.1, 0.15) is 0 Å². The Morgan fingerprint density at radius 1 is 0.853 bits per heavy atom. The molecule has 0 aliphatic carbocycles. The third-order valence-corrected chi connectivity index (χ3v) is 6.16. The van der Waals surface area contributed by atoms with Crippen molar-refractivity contribution in [2.75, 3.05) is 5.75 Å². The molecule has 1 heterocycles. The van der Waals surface area contributed by atoms with Crippen molar-refractivity contribution in [1.29, 1.82) is 0 Å². The first-order valence-corrected chi connectivity index (χ1v) is 11.8. The lowest BCUT2D eigenvalue weighted by Crippen LogP contribution is -2.20. The lowest BCUT2D eigenvalue weighted by atomic mass is 10.1. The van der Waals surface area contributed by atoms with Crippen molar-refractivity contribution in [3.8, 4) is 17.1 Å². The van der Waals surface area contributed by atoms with Crippen LogP contribution in [0.15, 0.2) is 113 Å². The molecule has 0 saturated heterocycles. The zero-order valence-corrected chi connectivity index (χ0v) is 19.0. The van der Waals surface area contributed by atoms with Crippen LogP contribution in [-0.2, 0) is 4.79 Å². The molecule has 0 aliphatic rings. The third-order valence-electron chi connectivity index (χ3n) is 5.23. The third kappa shape index (κ3) is 4.74. The molecule has 0 spiro atoms. The summed E-state index contributed by atoms with van der Waals surface area (Å²) in [6, 6.07) is 33.8. The molecule has 1 N–H and O–H groups in total. The van der Waals surface area contributed by atoms with Crippen LogP contribution in [0.25, 0.3) is 27.8 Å². The van der Waals surface area contributed by atoms with Crippen molar-refractivity contribution in [2.24, 2.45) is 5.10 Å². The monoisotopic (exact) mass is 463 g/mol. The molecule has 0 bridgehead atoms. The van der Waals surface area contributed by atoms with E-state index in [-0.39, 0.29) is 11.7 Å². The van der Waals surface area contributed by atoms with E-state index >= 15 is 0 Å². The Labute approximate surface area is 201 Å². The van der Waals surface area contributed by atoms with Crippen LogP contribution in [0.5, 0.6) is 0 Å². The molecule has 0 aliphatic heterocycles. The van der Waals surface area contributed by atoms with E-state index in [4.69, 9.17) is 0 Å². The van der Waals surface area contributed by atoms with Gasteiger partial charge in [0.05, 0.1) is 12.0 Å². The Kier molecular flexibility index (Phi) is 6.45. The van der Waals surface area contributed by atoms with E-state index in [9.17, 15) is 4.79 Å². The van der Waals surface area contributed by atoms with Crippen LogP contribution >= 0.6 is 11.8 Å². The fraction of sp³-hybridized carbons (Fsp3) is 0.0370. The maximum atomic E-state index is 12.5. The number of rotatable bonds is 7. The quantitative estimate of drug-likeness (QED) is 0.201. The average Bonchev–Trinajstić information content (AvgIpc) is 3.33. The van der Waals surface area contributed by atoms with E-state index in [2.05, 4.69) is 32.9 Å². The van der Waals surface area contributed by atoms with E-state index in [1.165, 1.54) is 11.8 Å². The molecule has 6 nitrogen and oxygen atoms in total. The molecule has 5 rings (SSSR count). The highest BCUT2D eigenvalue weighted by Gasteiger charge is 2.17. The number of hydrazone groups is 1. The number of hydrogen-bond donors (Lipinski definition) is 1. The van der Waals surface area contributed by atoms with Crippen LogP contribution in [0.1, 0.15) is 5.56 Å². The summed E-state index contributed by atoms with van der Waals surface area (Å²) in [5.41, 5.74) is 5.45. The lowest BCUT2D eigenvalue weighted by molar-refractivity contribution is -0.118. The number of aromatic nitrogens is 3. The summed E-state index contributed by atoms with van der Waals surface area (Å²) in [6.07, 6.45) is 1.67. The van der Waals surface area contributed by atoms with Crippen molar-refractivity contribution < 1.29 is 4.79 Å². The Balaban J connectivity index is 1.31. The average molecular weight is 464 g/mol. The summed E-state index contributed by atoms with van der Waals surface area (Å²) in [6.45, 7) is 0. The van der Waals surface area contributed by atoms with Crippen molar-refractivity contribution in [3.63, 3.8) is 0 Å². The van der Waals surface area contributed by atoms with Gasteiger partial charge in [-0.15, -0.1) is 10.2 Å². The van der Waals surface area contributed by atoms with E-state index in [1.807, 2.05) is 95.6 Å². The summed E-state index contributed by atoms with van der Waals surface area (Å²) >= 11 is 1.32. The maximum absolute atomic E-state index is 12.5. The van der Waals surface area contributed by atoms with Crippen molar-refractivity contribution >= 4 is 34.7 Å². The zero-order chi connectivity index (χ0) is 23.2. The van der Waals surface area contributed by atoms with E-state index in [1.54, 1.807) is 6.21 Å². The van der Waals surface area contributed by atoms with Crippen LogP contribution in [0.2, 0.25) is 0 Å². The second-order valence-corrected chi connectivity index (χ2v) is 8.44. The fourth-order valence-electron chi connectivity index (χ4n) is 3.65. The molecular weight excluding hydrogens is 442 g/mol. The number of carbonyl (C=O) groups is 1. The number of nitrogens with one attached hydrogen (secondary N) is 1. The second-order valence-electron chi connectivity index (χ2n) is 7.49. The first-order valence-electron chi connectivity index (χ1n) is 10.8. The van der Waals surface area contributed by atoms with Gasteiger partial charge in [0.15, 0.2) is 11.0 Å². The summed E-state index contributed by atoms with van der Waals surface area (Å²) < 4.78 is 1.96. The van der Waals surface area contributed by atoms with Gasteiger partial charge in [-0.2, -0.15) is 5.10 Å². The Hall–Kier alpha value is -4.23. The summed E-state index contributed by atoms with van der Waals surface area (Å²) in [5, 5.41) is 15.8. The van der Waals surface area contributed by atoms with Crippen LogP contribution in [-0.4, -0.2) is 32.6 Å². The van der Waals surface area contributed by atoms with Crippen LogP contribution in [0.4, 0.5) is 0 Å². The van der Waals surface area contributed by atoms with E-state index < -0.39 is 0 Å². The zero-order valence-electron chi connectivity index (χ0n) is 18.2. The maximum Gasteiger partial charge on any atom is 0.250 e. The Bertz CT molecular complexity index is 1440. The number of carbonyl (C=O) groups excluding carboxylic acids is 1. The highest BCUT2D eigenvalue weighted by atomic mass is 32.2. The Morgan fingerprint density at radius 2 is 1.56 bits per heavy atom. The SMILES string of the molecule is O=C(CSc1nnc(-c2ccccc2)n1-c1ccccc1)N/N=C/c1cccc2ccccc12. The predicted octanol–water partition coefficient (Wildman–Crippen LogP) is 5.33. The molecular formula is C27H21N5OS. The number of fused-ring (bicyclic) bond motifs is 1. The number of amides is 1. The molecule has 1 amide bonds. The van der Waals surface area contributed by atoms with Crippen molar-refractivity contribution in [1.82, 2.24) is 20.2 Å². The second kappa shape index (κ2) is 10.1. The first kappa shape index (κ1) is 21.6. The smallest absolute Gasteiger partial charge is 0.250 e. The van der Waals surface area contributed by atoms with Gasteiger partial charge in [-0.1, -0.05) is 103 Å². The lowest BCUT2D eigenvalue weighted by Gasteiger charge is -2.10. The predicted molar refractivity (Wildman–Crippen MR) is 137 cm³/mol. The molecule has 166 valence electrons. The van der Waals surface area contributed by atoms with Crippen LogP contribution in [0, 0.1) is 0 Å². The highest BCUT2D eigenvalue weighted by molar-refractivity contribution is 7.99. The fourth-order valence-corrected chi connectivity index (χ4v) is 4.39. The Morgan fingerprint density at radius 3 is 2.38 bits per heavy atom. The first-order chi connectivity index (χ1) is 16.8. The van der Waals surface area contributed by atoms with Gasteiger partial charge in [-0.3, -0.25) is 9.36 Å². The molecule has 0 unspecified atom stereocenters. The number of para-hydroxylation sites is 1. The number of benzene rings is 4. The molecule has 0 fully saturated rings. The van der Waals surface area contributed by atoms with Gasteiger partial charge in [0, 0.05) is 16.8 Å². The summed E-state index contributed by atoms with van der Waals surface area (Å²) in [5.74, 6) is 0.668. The van der Waals surface area contributed by atoms with Gasteiger partial charge < -0.3 is 0 Å². The van der Waals surface area contributed by atoms with Gasteiger partial charge in [-0.25, -0.2) is 5.43 Å². The summed E-state index contributed by atoms with van der Waals surface area (Å²) in [7, 11) is 0. The number of thioether (sulfide) groups is 1. The molecule has 0 saturated carbocycles. The molecule has 0 radical (unpaired) electrons. The number of nitrogens with zero attached hydrogens (tertiary/aromatic N) is 4. The van der Waals surface area contributed by atoms with Crippen LogP contribution < -0.4 is 5.43 Å². The van der Waals surface area contributed by atoms with Crippen molar-refractivity contribution in [2.45, 2.75) is 5.16 Å². The van der Waals surface area contributed by atoms with Crippen LogP contribution in [0.3, 0.4) is 0 Å². The van der Waals surface area contributed by atoms with E-state index in [0.29, 0.717) is 5.16 Å². The standard InChI is InChI=1S/C27H21N5OS/c33-25(29-28-18-22-14-9-13-20-10-7-8-17-24(20)22)19-34-27-31-30-26(21-11-3-1-4-12-21)32(27)23-15-5-2-6-16-23/h1-18H,19H2,(H,29,33)/b28-18+. The molecule has 1 aromatic heterocycles. The minimum atomic E-state index is -0.217. The largest absolute Gasteiger partial charge is 0.272 e. The van der Waals surface area contributed by atoms with Gasteiger partial charge >= 0.3 is 0 Å². The van der Waals surface area contributed by atoms with Gasteiger partial charge in [-0.05, 0) is 22.9 Å². The summed E-state index contributed by atoms with van der Waals surface area (Å²) in [4.78, 5) is 12.5. The highest BCUT2D eigenvalue weighted by Crippen LogP contribution is 2.27. The molecule has 0 atom stereocenters. The van der Waals surface area contributed by atoms with E-state index in [0.717, 1.165) is 33.4 Å². The molecule has 7 heteroatoms. The van der Waals surface area contributed by atoms with Gasteiger partial charge in [0.25, 0.3) is 5.91 Å². The molecule has 5 aromatic rings. The minimum Gasteiger partial charge on any atom is -0.272 e. The molecule has 34 heavy (non-hydrogen) atoms. The normalized spacial score (nSPS) is 11.2. The van der Waals surface area contributed by atoms with Crippen molar-refractivity contribution in [3.05, 3.63) is 109 Å². The topological polar surface area (TPSA) is 72.2 Å². The number of hydrogen-bond acceptors (Lipinski definition) is 5. The molecule has 4 aromatic carbocycles. The minimum absolute atomic E-state index is 0.159. The van der Waals surface area contributed by atoms with Gasteiger partial charge in [0.2, 0.25) is 0 Å².